The first-order valence-electron chi connectivity index (χ1n) is 5.64. The Balaban J connectivity index is 2.18. The normalized spacial score (nSPS) is 13.7. The van der Waals surface area contributed by atoms with Crippen LogP contribution in [-0.2, 0) is 4.79 Å². The molecule has 17 heavy (non-hydrogen) atoms. The first kappa shape index (κ1) is 11.6. The monoisotopic (exact) mass is 232 g/mol. The molecule has 0 saturated heterocycles. The lowest BCUT2D eigenvalue weighted by atomic mass is 10.2. The van der Waals surface area contributed by atoms with Crippen molar-refractivity contribution in [3.63, 3.8) is 0 Å². The smallest absolute Gasteiger partial charge is 0.339 e. The standard InChI is InChI=1S/C13H14NO3/c1-2-3-6-17-10-5-4-9-7-12(13(15)16)14-11(9)8-10/h4-5,7-8H,2-3,6H2,1H3,(H,15,16). The number of carboxylic acids is 1. The summed E-state index contributed by atoms with van der Waals surface area (Å²) in [6, 6.07) is 5.52. The predicted molar refractivity (Wildman–Crippen MR) is 63.0 cm³/mol. The fourth-order valence-corrected chi connectivity index (χ4v) is 1.59. The Morgan fingerprint density at radius 2 is 2.29 bits per heavy atom. The molecule has 0 saturated carbocycles. The second-order valence-corrected chi connectivity index (χ2v) is 3.87. The summed E-state index contributed by atoms with van der Waals surface area (Å²) in [6.07, 6.45) is 3.65. The molecule has 0 bridgehead atoms. The molecule has 1 aliphatic heterocycles. The third-order valence-electron chi connectivity index (χ3n) is 2.52. The topological polar surface area (TPSA) is 58.9 Å². The van der Waals surface area contributed by atoms with Crippen LogP contribution in [0.5, 0.6) is 5.75 Å². The number of rotatable bonds is 5. The van der Waals surface area contributed by atoms with Gasteiger partial charge in [0.25, 0.3) is 0 Å². The summed E-state index contributed by atoms with van der Waals surface area (Å²) < 4.78 is 5.54. The molecule has 1 aromatic carbocycles. The van der Waals surface area contributed by atoms with Crippen LogP contribution in [0.4, 0.5) is 0 Å². The zero-order valence-electron chi connectivity index (χ0n) is 9.64. The van der Waals surface area contributed by atoms with E-state index in [-0.39, 0.29) is 6.04 Å². The molecule has 4 nitrogen and oxygen atoms in total. The maximum absolute atomic E-state index is 10.8. The van der Waals surface area contributed by atoms with Gasteiger partial charge in [-0.25, -0.2) is 4.79 Å². The van der Waals surface area contributed by atoms with E-state index in [1.54, 1.807) is 12.1 Å². The second kappa shape index (κ2) is 4.99. The number of hydrogen-bond acceptors (Lipinski definition) is 3. The molecule has 1 heterocycles. The molecule has 89 valence electrons. The van der Waals surface area contributed by atoms with E-state index >= 15 is 0 Å². The quantitative estimate of drug-likeness (QED) is 0.767. The highest BCUT2D eigenvalue weighted by Gasteiger charge is 2.18. The van der Waals surface area contributed by atoms with Gasteiger partial charge in [-0.3, -0.25) is 4.99 Å². The van der Waals surface area contributed by atoms with Gasteiger partial charge in [-0.1, -0.05) is 13.3 Å². The second-order valence-electron chi connectivity index (χ2n) is 3.87. The molecular formula is C13H14NO3. The van der Waals surface area contributed by atoms with Crippen LogP contribution < -0.4 is 15.3 Å². The van der Waals surface area contributed by atoms with Crippen LogP contribution in [0.3, 0.4) is 0 Å². The number of aliphatic carboxylic acids is 1. The fraction of sp³-hybridized carbons (Fsp3) is 0.308. The lowest BCUT2D eigenvalue weighted by Crippen LogP contribution is -2.20. The molecule has 1 radical (unpaired) electrons. The Morgan fingerprint density at radius 1 is 1.47 bits per heavy atom. The highest BCUT2D eigenvalue weighted by Crippen LogP contribution is 2.10. The van der Waals surface area contributed by atoms with Gasteiger partial charge in [-0.05, 0) is 29.8 Å². The molecule has 0 atom stereocenters. The molecular weight excluding hydrogens is 218 g/mol. The Kier molecular flexibility index (Phi) is 3.42. The molecule has 0 fully saturated rings. The zero-order valence-corrected chi connectivity index (χ0v) is 9.64. The largest absolute Gasteiger partial charge is 0.494 e. The van der Waals surface area contributed by atoms with Gasteiger partial charge in [0.2, 0.25) is 6.04 Å². The number of ether oxygens (including phenoxy) is 1. The molecule has 0 unspecified atom stereocenters. The predicted octanol–water partition coefficient (Wildman–Crippen LogP) is 0.896. The van der Waals surface area contributed by atoms with Gasteiger partial charge < -0.3 is 9.84 Å². The van der Waals surface area contributed by atoms with E-state index in [9.17, 15) is 4.79 Å². The molecule has 1 aromatic rings. The summed E-state index contributed by atoms with van der Waals surface area (Å²) in [6.45, 7) is 2.78. The van der Waals surface area contributed by atoms with Crippen molar-refractivity contribution >= 4 is 12.0 Å². The average Bonchev–Trinajstić information content (AvgIpc) is 2.72. The van der Waals surface area contributed by atoms with E-state index < -0.39 is 5.97 Å². The summed E-state index contributed by atoms with van der Waals surface area (Å²) >= 11 is 0. The van der Waals surface area contributed by atoms with Gasteiger partial charge in [0.1, 0.15) is 5.75 Å². The van der Waals surface area contributed by atoms with Crippen molar-refractivity contribution in [2.75, 3.05) is 6.61 Å². The summed E-state index contributed by atoms with van der Waals surface area (Å²) in [5, 5.41) is 10.3. The van der Waals surface area contributed by atoms with Gasteiger partial charge in [-0.15, -0.1) is 0 Å². The first-order chi connectivity index (χ1) is 8.20. The lowest BCUT2D eigenvalue weighted by molar-refractivity contribution is -0.134. The van der Waals surface area contributed by atoms with Crippen molar-refractivity contribution in [2.45, 2.75) is 19.8 Å². The van der Waals surface area contributed by atoms with Crippen molar-refractivity contribution in [1.82, 2.24) is 0 Å². The summed E-state index contributed by atoms with van der Waals surface area (Å²) in [5.74, 6) is -0.268. The number of unbranched alkanes of at least 4 members (excludes halogenated alkanes) is 1. The Bertz CT molecular complexity index is 536. The van der Waals surface area contributed by atoms with E-state index in [2.05, 4.69) is 11.9 Å². The number of carboxylic acid groups (broad SMARTS) is 1. The highest BCUT2D eigenvalue weighted by atomic mass is 16.5. The molecule has 2 rings (SSSR count). The summed E-state index contributed by atoms with van der Waals surface area (Å²) in [7, 11) is 0. The minimum Gasteiger partial charge on any atom is -0.494 e. The van der Waals surface area contributed by atoms with Crippen molar-refractivity contribution in [3.05, 3.63) is 34.8 Å². The summed E-state index contributed by atoms with van der Waals surface area (Å²) in [5.41, 5.74) is 0. The Labute approximate surface area is 99.3 Å². The van der Waals surface area contributed by atoms with E-state index in [0.717, 1.165) is 23.8 Å². The van der Waals surface area contributed by atoms with Gasteiger partial charge >= 0.3 is 5.97 Å². The van der Waals surface area contributed by atoms with Crippen LogP contribution in [-0.4, -0.2) is 17.7 Å². The van der Waals surface area contributed by atoms with Crippen LogP contribution in [0, 0.1) is 6.04 Å². The van der Waals surface area contributed by atoms with E-state index in [4.69, 9.17) is 9.84 Å². The van der Waals surface area contributed by atoms with Gasteiger partial charge in [0, 0.05) is 6.07 Å². The molecule has 4 heteroatoms. The first-order valence-corrected chi connectivity index (χ1v) is 5.64. The molecule has 0 spiro atoms. The van der Waals surface area contributed by atoms with Crippen LogP contribution in [0.15, 0.2) is 23.2 Å². The Morgan fingerprint density at radius 3 is 3.00 bits per heavy atom. The minimum atomic E-state index is -1.00. The number of hydrogen-bond donors (Lipinski definition) is 1. The van der Waals surface area contributed by atoms with Gasteiger partial charge in [-0.2, -0.15) is 0 Å². The third kappa shape index (κ3) is 2.64. The van der Waals surface area contributed by atoms with Gasteiger partial charge in [0.15, 0.2) is 0 Å². The van der Waals surface area contributed by atoms with Crippen LogP contribution in [0.2, 0.25) is 0 Å². The van der Waals surface area contributed by atoms with Crippen LogP contribution >= 0.6 is 0 Å². The molecule has 0 aromatic heterocycles. The highest BCUT2D eigenvalue weighted by molar-refractivity contribution is 5.92. The van der Waals surface area contributed by atoms with Crippen molar-refractivity contribution in [3.8, 4) is 5.75 Å². The van der Waals surface area contributed by atoms with Gasteiger partial charge in [0.05, 0.1) is 12.0 Å². The van der Waals surface area contributed by atoms with E-state index in [1.807, 2.05) is 12.1 Å². The maximum Gasteiger partial charge on any atom is 0.339 e. The third-order valence-corrected chi connectivity index (χ3v) is 2.52. The Hall–Kier alpha value is -1.84. The SMILES string of the molecule is CCCCOc1ccc2c(c1)=N[C](C(=O)O)C=2. The number of fused-ring (bicyclic) bond motifs is 1. The number of benzene rings is 1. The fourth-order valence-electron chi connectivity index (χ4n) is 1.59. The van der Waals surface area contributed by atoms with Crippen molar-refractivity contribution in [2.24, 2.45) is 4.99 Å². The molecule has 0 amide bonds. The summed E-state index contributed by atoms with van der Waals surface area (Å²) in [4.78, 5) is 14.8. The molecule has 1 N–H and O–H groups in total. The minimum absolute atomic E-state index is 0.0747. The number of carbonyl (C=O) groups is 1. The average molecular weight is 232 g/mol. The number of nitrogens with zero attached hydrogens (tertiary/aromatic N) is 1. The molecule has 1 aliphatic rings. The van der Waals surface area contributed by atoms with E-state index in [0.29, 0.717) is 12.0 Å². The zero-order chi connectivity index (χ0) is 12.3. The van der Waals surface area contributed by atoms with E-state index in [1.165, 1.54) is 0 Å². The van der Waals surface area contributed by atoms with Crippen molar-refractivity contribution < 1.29 is 14.6 Å². The maximum atomic E-state index is 10.8. The van der Waals surface area contributed by atoms with Crippen LogP contribution in [0.25, 0.3) is 6.08 Å². The van der Waals surface area contributed by atoms with Crippen LogP contribution in [0.1, 0.15) is 19.8 Å². The van der Waals surface area contributed by atoms with Crippen molar-refractivity contribution in [1.29, 1.82) is 0 Å². The molecule has 0 aliphatic carbocycles. The lowest BCUT2D eigenvalue weighted by Gasteiger charge is -2.03.